The van der Waals surface area contributed by atoms with Gasteiger partial charge in [0.15, 0.2) is 0 Å². The molecule has 2 atom stereocenters. The molecule has 88 valence electrons. The third-order valence-electron chi connectivity index (χ3n) is 3.28. The van der Waals surface area contributed by atoms with Crippen molar-refractivity contribution in [2.45, 2.75) is 44.7 Å². The number of hydrogen-bond acceptors (Lipinski definition) is 2. The first-order valence-corrected chi connectivity index (χ1v) is 5.95. The monoisotopic (exact) mass is 222 g/mol. The maximum Gasteiger partial charge on any atom is 0.146 e. The van der Waals surface area contributed by atoms with E-state index >= 15 is 0 Å². The van der Waals surface area contributed by atoms with E-state index in [-0.39, 0.29) is 17.9 Å². The highest BCUT2D eigenvalue weighted by molar-refractivity contribution is 5.47. The zero-order valence-corrected chi connectivity index (χ0v) is 9.67. The van der Waals surface area contributed by atoms with Crippen molar-refractivity contribution in [2.24, 2.45) is 5.73 Å². The fourth-order valence-electron chi connectivity index (χ4n) is 2.28. The number of nitrogens with two attached hydrogens (primary N) is 1. The van der Waals surface area contributed by atoms with Gasteiger partial charge >= 0.3 is 0 Å². The average Bonchev–Trinajstić information content (AvgIpc) is 2.25. The molecule has 0 saturated heterocycles. The molecular weight excluding hydrogens is 203 g/mol. The van der Waals surface area contributed by atoms with Crippen LogP contribution in [0.25, 0.3) is 0 Å². The summed E-state index contributed by atoms with van der Waals surface area (Å²) in [5.41, 5.74) is 7.54. The van der Waals surface area contributed by atoms with Gasteiger partial charge in [0.25, 0.3) is 0 Å². The van der Waals surface area contributed by atoms with E-state index in [0.29, 0.717) is 5.69 Å². The molecule has 0 radical (unpaired) electrons. The second-order valence-electron chi connectivity index (χ2n) is 4.68. The Morgan fingerprint density at radius 1 is 1.31 bits per heavy atom. The van der Waals surface area contributed by atoms with E-state index in [0.717, 1.165) is 18.4 Å². The van der Waals surface area contributed by atoms with Crippen LogP contribution in [0.15, 0.2) is 18.2 Å². The fraction of sp³-hybridized carbons (Fsp3) is 0.538. The molecule has 0 aliphatic heterocycles. The van der Waals surface area contributed by atoms with Crippen molar-refractivity contribution in [3.05, 3.63) is 29.6 Å². The fourth-order valence-corrected chi connectivity index (χ4v) is 2.28. The molecule has 1 aromatic carbocycles. The van der Waals surface area contributed by atoms with Crippen LogP contribution in [0, 0.1) is 12.7 Å². The lowest BCUT2D eigenvalue weighted by Gasteiger charge is -2.30. The highest BCUT2D eigenvalue weighted by atomic mass is 19.1. The Labute approximate surface area is 96.0 Å². The van der Waals surface area contributed by atoms with Crippen LogP contribution < -0.4 is 11.1 Å². The quantitative estimate of drug-likeness (QED) is 0.807. The first-order chi connectivity index (χ1) is 7.66. The molecule has 1 fully saturated rings. The molecule has 1 saturated carbocycles. The lowest BCUT2D eigenvalue weighted by atomic mass is 9.91. The van der Waals surface area contributed by atoms with Crippen LogP contribution in [0.4, 0.5) is 10.1 Å². The molecule has 0 unspecified atom stereocenters. The SMILES string of the molecule is Cc1ccc(N[C@H]2CCCC[C@@H]2N)c(F)c1. The highest BCUT2D eigenvalue weighted by Crippen LogP contribution is 2.23. The second kappa shape index (κ2) is 4.83. The van der Waals surface area contributed by atoms with E-state index in [1.807, 2.05) is 13.0 Å². The van der Waals surface area contributed by atoms with Crippen LogP contribution >= 0.6 is 0 Å². The maximum absolute atomic E-state index is 13.6. The number of anilines is 1. The molecule has 0 spiro atoms. The number of benzene rings is 1. The van der Waals surface area contributed by atoms with Crippen LogP contribution in [0.3, 0.4) is 0 Å². The van der Waals surface area contributed by atoms with Gasteiger partial charge in [-0.1, -0.05) is 18.9 Å². The molecule has 3 heteroatoms. The molecule has 1 aliphatic carbocycles. The Balaban J connectivity index is 2.07. The third-order valence-corrected chi connectivity index (χ3v) is 3.28. The van der Waals surface area contributed by atoms with Crippen LogP contribution in [0.1, 0.15) is 31.2 Å². The summed E-state index contributed by atoms with van der Waals surface area (Å²) in [6, 6.07) is 5.63. The molecule has 0 amide bonds. The topological polar surface area (TPSA) is 38.0 Å². The van der Waals surface area contributed by atoms with Crippen LogP contribution in [0.5, 0.6) is 0 Å². The maximum atomic E-state index is 13.6. The van der Waals surface area contributed by atoms with Crippen LogP contribution in [-0.4, -0.2) is 12.1 Å². The van der Waals surface area contributed by atoms with Crippen molar-refractivity contribution in [3.63, 3.8) is 0 Å². The Morgan fingerprint density at radius 2 is 2.06 bits per heavy atom. The summed E-state index contributed by atoms with van der Waals surface area (Å²) in [6.45, 7) is 1.89. The summed E-state index contributed by atoms with van der Waals surface area (Å²) in [5, 5.41) is 3.23. The van der Waals surface area contributed by atoms with E-state index in [9.17, 15) is 4.39 Å². The third kappa shape index (κ3) is 2.53. The van der Waals surface area contributed by atoms with E-state index in [2.05, 4.69) is 5.32 Å². The lowest BCUT2D eigenvalue weighted by molar-refractivity contribution is 0.403. The Kier molecular flexibility index (Phi) is 3.44. The van der Waals surface area contributed by atoms with Gasteiger partial charge in [-0.25, -0.2) is 4.39 Å². The molecule has 1 aliphatic rings. The molecule has 0 bridgehead atoms. The van der Waals surface area contributed by atoms with Gasteiger partial charge in [0.2, 0.25) is 0 Å². The predicted molar refractivity (Wildman–Crippen MR) is 65.0 cm³/mol. The van der Waals surface area contributed by atoms with Crippen molar-refractivity contribution in [1.29, 1.82) is 0 Å². The number of halogens is 1. The smallest absolute Gasteiger partial charge is 0.146 e. The minimum absolute atomic E-state index is 0.148. The molecule has 2 nitrogen and oxygen atoms in total. The molecule has 1 aromatic rings. The first-order valence-electron chi connectivity index (χ1n) is 5.95. The standard InChI is InChI=1S/C13H19FN2/c1-9-6-7-12(10(14)8-9)16-13-5-3-2-4-11(13)15/h6-8,11,13,16H,2-5,15H2,1H3/t11-,13-/m0/s1. The summed E-state index contributed by atoms with van der Waals surface area (Å²) in [5.74, 6) is -0.183. The van der Waals surface area contributed by atoms with E-state index in [1.165, 1.54) is 12.8 Å². The molecule has 0 heterocycles. The predicted octanol–water partition coefficient (Wildman–Crippen LogP) is 2.82. The molecule has 3 N–H and O–H groups in total. The van der Waals surface area contributed by atoms with E-state index in [4.69, 9.17) is 5.73 Å². The number of hydrogen-bond donors (Lipinski definition) is 2. The first kappa shape index (κ1) is 11.4. The van der Waals surface area contributed by atoms with Crippen molar-refractivity contribution < 1.29 is 4.39 Å². The zero-order valence-electron chi connectivity index (χ0n) is 9.67. The van der Waals surface area contributed by atoms with Gasteiger partial charge < -0.3 is 11.1 Å². The van der Waals surface area contributed by atoms with Crippen LogP contribution in [-0.2, 0) is 0 Å². The molecule has 0 aromatic heterocycles. The van der Waals surface area contributed by atoms with Crippen molar-refractivity contribution in [1.82, 2.24) is 0 Å². The van der Waals surface area contributed by atoms with E-state index in [1.54, 1.807) is 12.1 Å². The van der Waals surface area contributed by atoms with Gasteiger partial charge in [-0.15, -0.1) is 0 Å². The van der Waals surface area contributed by atoms with Gasteiger partial charge in [-0.05, 0) is 37.5 Å². The molecule has 2 rings (SSSR count). The average molecular weight is 222 g/mol. The van der Waals surface area contributed by atoms with Gasteiger partial charge in [0, 0.05) is 12.1 Å². The van der Waals surface area contributed by atoms with E-state index < -0.39 is 0 Å². The van der Waals surface area contributed by atoms with Gasteiger partial charge in [0.1, 0.15) is 5.82 Å². The largest absolute Gasteiger partial charge is 0.378 e. The summed E-state index contributed by atoms with van der Waals surface area (Å²) < 4.78 is 13.6. The van der Waals surface area contributed by atoms with Gasteiger partial charge in [-0.2, -0.15) is 0 Å². The summed E-state index contributed by atoms with van der Waals surface area (Å²) in [4.78, 5) is 0. The highest BCUT2D eigenvalue weighted by Gasteiger charge is 2.22. The van der Waals surface area contributed by atoms with Crippen molar-refractivity contribution >= 4 is 5.69 Å². The Morgan fingerprint density at radius 3 is 2.75 bits per heavy atom. The summed E-state index contributed by atoms with van der Waals surface area (Å²) in [7, 11) is 0. The summed E-state index contributed by atoms with van der Waals surface area (Å²) >= 11 is 0. The van der Waals surface area contributed by atoms with Crippen molar-refractivity contribution in [2.75, 3.05) is 5.32 Å². The van der Waals surface area contributed by atoms with Crippen molar-refractivity contribution in [3.8, 4) is 0 Å². The Bertz CT molecular complexity index is 365. The van der Waals surface area contributed by atoms with Gasteiger partial charge in [0.05, 0.1) is 5.69 Å². The number of aryl methyl sites for hydroxylation is 1. The zero-order chi connectivity index (χ0) is 11.5. The second-order valence-corrected chi connectivity index (χ2v) is 4.68. The summed E-state index contributed by atoms with van der Waals surface area (Å²) in [6.07, 6.45) is 4.44. The van der Waals surface area contributed by atoms with Crippen LogP contribution in [0.2, 0.25) is 0 Å². The minimum Gasteiger partial charge on any atom is -0.378 e. The minimum atomic E-state index is -0.183. The van der Waals surface area contributed by atoms with Gasteiger partial charge in [-0.3, -0.25) is 0 Å². The normalized spacial score (nSPS) is 25.4. The number of nitrogens with one attached hydrogen (secondary N) is 1. The Hall–Kier alpha value is -1.09. The molecular formula is C13H19FN2. The molecule has 16 heavy (non-hydrogen) atoms. The number of rotatable bonds is 2. The lowest BCUT2D eigenvalue weighted by Crippen LogP contribution is -2.42.